The Morgan fingerprint density at radius 2 is 1.72 bits per heavy atom. The minimum Gasteiger partial charge on any atom is -0.378 e. The number of carbonyl (C=O) groups is 1. The van der Waals surface area contributed by atoms with E-state index in [1.54, 1.807) is 21.7 Å². The van der Waals surface area contributed by atoms with E-state index < -0.39 is 0 Å². The summed E-state index contributed by atoms with van der Waals surface area (Å²) >= 11 is 0. The first kappa shape index (κ1) is 20.1. The smallest absolute Gasteiger partial charge is 0.267 e. The topological polar surface area (TPSA) is 92.7 Å². The molecule has 4 heterocycles. The van der Waals surface area contributed by atoms with Crippen molar-refractivity contribution in [3.05, 3.63) is 81.2 Å². The molecule has 8 heteroatoms. The maximum Gasteiger partial charge on any atom is 0.267 e. The van der Waals surface area contributed by atoms with Crippen LogP contribution >= 0.6 is 0 Å². The molecule has 1 amide bonds. The quantitative estimate of drug-likeness (QED) is 0.495. The van der Waals surface area contributed by atoms with E-state index in [2.05, 4.69) is 0 Å². The predicted molar refractivity (Wildman–Crippen MR) is 120 cm³/mol. The molecule has 1 fully saturated rings. The third-order valence-electron chi connectivity index (χ3n) is 5.79. The second kappa shape index (κ2) is 7.72. The van der Waals surface area contributed by atoms with Gasteiger partial charge in [0.05, 0.1) is 24.2 Å². The molecule has 0 radical (unpaired) electrons. The summed E-state index contributed by atoms with van der Waals surface area (Å²) in [6.45, 7) is 5.71. The lowest BCUT2D eigenvalue weighted by Crippen LogP contribution is -2.43. The Bertz CT molecular complexity index is 1480. The van der Waals surface area contributed by atoms with Crippen LogP contribution in [0.1, 0.15) is 21.5 Å². The Hall–Kier alpha value is -3.78. The molecule has 0 saturated carbocycles. The van der Waals surface area contributed by atoms with Crippen molar-refractivity contribution in [3.63, 3.8) is 0 Å². The number of benzene rings is 1. The number of ether oxygens (including phenoxy) is 1. The van der Waals surface area contributed by atoms with Gasteiger partial charge in [-0.05, 0) is 43.7 Å². The molecule has 1 saturated heterocycles. The molecule has 8 nitrogen and oxygen atoms in total. The molecule has 32 heavy (non-hydrogen) atoms. The van der Waals surface area contributed by atoms with Gasteiger partial charge < -0.3 is 9.64 Å². The highest BCUT2D eigenvalue weighted by Gasteiger charge is 2.23. The van der Waals surface area contributed by atoms with Crippen molar-refractivity contribution in [2.75, 3.05) is 26.3 Å². The van der Waals surface area contributed by atoms with Crippen LogP contribution in [0.25, 0.3) is 22.4 Å². The third kappa shape index (κ3) is 3.29. The lowest BCUT2D eigenvalue weighted by atomic mass is 10.1. The summed E-state index contributed by atoms with van der Waals surface area (Å²) in [5.74, 6) is -0.283. The summed E-state index contributed by atoms with van der Waals surface area (Å²) in [7, 11) is 0. The Morgan fingerprint density at radius 3 is 2.44 bits per heavy atom. The number of morpholine rings is 1. The van der Waals surface area contributed by atoms with Crippen LogP contribution in [0.5, 0.6) is 0 Å². The number of carbonyl (C=O) groups excluding carboxylic acids is 1. The summed E-state index contributed by atoms with van der Waals surface area (Å²) in [6.07, 6.45) is 1.73. The Kier molecular flexibility index (Phi) is 4.86. The Morgan fingerprint density at radius 1 is 1.03 bits per heavy atom. The first-order valence-corrected chi connectivity index (χ1v) is 10.5. The summed E-state index contributed by atoms with van der Waals surface area (Å²) in [6, 6.07) is 12.8. The molecular weight excluding hydrogens is 406 g/mol. The highest BCUT2D eigenvalue weighted by Crippen LogP contribution is 2.17. The fourth-order valence-electron chi connectivity index (χ4n) is 4.03. The second-order valence-electron chi connectivity index (χ2n) is 8.07. The maximum absolute atomic E-state index is 13.4. The summed E-state index contributed by atoms with van der Waals surface area (Å²) in [4.78, 5) is 33.2. The van der Waals surface area contributed by atoms with Gasteiger partial charge in [-0.1, -0.05) is 23.8 Å². The molecule has 4 aromatic rings. The first-order chi connectivity index (χ1) is 15.4. The average Bonchev–Trinajstić information content (AvgIpc) is 2.80. The number of amides is 1. The van der Waals surface area contributed by atoms with E-state index in [9.17, 15) is 9.59 Å². The Labute approximate surface area is 183 Å². The van der Waals surface area contributed by atoms with Crippen LogP contribution in [0, 0.1) is 19.3 Å². The first-order valence-electron chi connectivity index (χ1n) is 10.5. The molecule has 0 spiro atoms. The van der Waals surface area contributed by atoms with Gasteiger partial charge in [0.25, 0.3) is 11.5 Å². The van der Waals surface area contributed by atoms with Gasteiger partial charge in [-0.3, -0.25) is 24.0 Å². The third-order valence-corrected chi connectivity index (χ3v) is 5.79. The van der Waals surface area contributed by atoms with Crippen LogP contribution in [0.2, 0.25) is 0 Å². The number of nitrogens with zero attached hydrogens (tertiary/aromatic N) is 4. The monoisotopic (exact) mass is 429 g/mol. The van der Waals surface area contributed by atoms with Gasteiger partial charge in [0.2, 0.25) is 0 Å². The molecule has 3 aromatic heterocycles. The van der Waals surface area contributed by atoms with Crippen molar-refractivity contribution >= 4 is 22.6 Å². The molecule has 1 aliphatic rings. The van der Waals surface area contributed by atoms with E-state index >= 15 is 0 Å². The summed E-state index contributed by atoms with van der Waals surface area (Å²) < 4.78 is 8.44. The van der Waals surface area contributed by atoms with Crippen LogP contribution in [0.4, 0.5) is 0 Å². The van der Waals surface area contributed by atoms with Crippen molar-refractivity contribution in [2.24, 2.45) is 0 Å². The molecule has 0 atom stereocenters. The zero-order valence-electron chi connectivity index (χ0n) is 18.0. The number of pyridine rings is 2. The van der Waals surface area contributed by atoms with Crippen LogP contribution in [-0.2, 0) is 4.74 Å². The molecule has 0 aliphatic carbocycles. The van der Waals surface area contributed by atoms with Gasteiger partial charge in [-0.15, -0.1) is 0 Å². The van der Waals surface area contributed by atoms with Gasteiger partial charge in [-0.25, -0.2) is 4.98 Å². The zero-order valence-corrected chi connectivity index (χ0v) is 18.0. The molecule has 1 aliphatic heterocycles. The standard InChI is InChI=1S/C24H23N5O3/c1-15-3-6-17(7-4-15)29-21(25)18(23(30)27-9-11-32-12-10-27)13-19-22(29)26-20-8-5-16(2)14-28(20)24(19)31/h3-8,13-14,25H,9-12H2,1-2H3. The second-order valence-corrected chi connectivity index (χ2v) is 8.07. The van der Waals surface area contributed by atoms with Crippen LogP contribution < -0.4 is 11.0 Å². The molecule has 1 N–H and O–H groups in total. The van der Waals surface area contributed by atoms with Crippen molar-refractivity contribution in [1.82, 2.24) is 18.9 Å². The maximum atomic E-state index is 13.4. The minimum atomic E-state index is -0.283. The minimum absolute atomic E-state index is 0.00112. The number of aryl methyl sites for hydroxylation is 2. The zero-order chi connectivity index (χ0) is 22.4. The Balaban J connectivity index is 1.86. The van der Waals surface area contributed by atoms with E-state index in [0.717, 1.165) is 11.1 Å². The number of fused-ring (bicyclic) bond motifs is 2. The largest absolute Gasteiger partial charge is 0.378 e. The van der Waals surface area contributed by atoms with E-state index in [1.807, 2.05) is 44.2 Å². The SMILES string of the molecule is Cc1ccc(-n2c(=N)c(C(=O)N3CCOCC3)cc3c(=O)n4cc(C)ccc4nc32)cc1. The van der Waals surface area contributed by atoms with Gasteiger partial charge in [0.15, 0.2) is 5.65 Å². The molecule has 162 valence electrons. The van der Waals surface area contributed by atoms with Gasteiger partial charge >= 0.3 is 0 Å². The number of rotatable bonds is 2. The molecular formula is C24H23N5O3. The number of nitrogens with one attached hydrogen (secondary N) is 1. The van der Waals surface area contributed by atoms with Crippen molar-refractivity contribution in [2.45, 2.75) is 13.8 Å². The molecule has 0 unspecified atom stereocenters. The highest BCUT2D eigenvalue weighted by molar-refractivity contribution is 5.97. The molecule has 1 aromatic carbocycles. The van der Waals surface area contributed by atoms with Crippen LogP contribution in [-0.4, -0.2) is 51.1 Å². The van der Waals surface area contributed by atoms with Crippen molar-refractivity contribution in [3.8, 4) is 5.69 Å². The van der Waals surface area contributed by atoms with Crippen LogP contribution in [0.3, 0.4) is 0 Å². The number of hydrogen-bond donors (Lipinski definition) is 1. The van der Waals surface area contributed by atoms with Gasteiger partial charge in [0.1, 0.15) is 11.1 Å². The fourth-order valence-corrected chi connectivity index (χ4v) is 4.03. The number of hydrogen-bond acceptors (Lipinski definition) is 5. The van der Waals surface area contributed by atoms with Crippen molar-refractivity contribution < 1.29 is 9.53 Å². The van der Waals surface area contributed by atoms with Gasteiger partial charge in [-0.2, -0.15) is 0 Å². The average molecular weight is 429 g/mol. The van der Waals surface area contributed by atoms with Crippen molar-refractivity contribution in [1.29, 1.82) is 5.41 Å². The van der Waals surface area contributed by atoms with Gasteiger partial charge in [0, 0.05) is 25.0 Å². The molecule has 0 bridgehead atoms. The van der Waals surface area contributed by atoms with Crippen LogP contribution in [0.15, 0.2) is 53.5 Å². The summed E-state index contributed by atoms with van der Waals surface area (Å²) in [5.41, 5.74) is 3.41. The van der Waals surface area contributed by atoms with E-state index in [1.165, 1.54) is 10.5 Å². The lowest BCUT2D eigenvalue weighted by molar-refractivity contribution is 0.0301. The predicted octanol–water partition coefficient (Wildman–Crippen LogP) is 2.21. The molecule has 5 rings (SSSR count). The van der Waals surface area contributed by atoms with E-state index in [0.29, 0.717) is 48.7 Å². The normalized spacial score (nSPS) is 14.2. The number of aromatic nitrogens is 3. The van der Waals surface area contributed by atoms with E-state index in [-0.39, 0.29) is 22.5 Å². The fraction of sp³-hybridized carbons (Fsp3) is 0.250. The lowest BCUT2D eigenvalue weighted by Gasteiger charge is -2.27. The van der Waals surface area contributed by atoms with E-state index in [4.69, 9.17) is 15.1 Å². The summed E-state index contributed by atoms with van der Waals surface area (Å²) in [5, 5.41) is 9.21. The highest BCUT2D eigenvalue weighted by atomic mass is 16.5.